The third-order valence-electron chi connectivity index (χ3n) is 2.79. The van der Waals surface area contributed by atoms with Gasteiger partial charge in [-0.25, -0.2) is 4.39 Å². The van der Waals surface area contributed by atoms with Crippen molar-refractivity contribution in [2.75, 3.05) is 5.75 Å². The summed E-state index contributed by atoms with van der Waals surface area (Å²) in [6, 6.07) is 14.2. The van der Waals surface area contributed by atoms with E-state index < -0.39 is 6.04 Å². The molecule has 1 unspecified atom stereocenters. The monoisotopic (exact) mass is 261 g/mol. The highest BCUT2D eigenvalue weighted by molar-refractivity contribution is 7.99. The van der Waals surface area contributed by atoms with E-state index in [1.54, 1.807) is 30.0 Å². The van der Waals surface area contributed by atoms with Crippen LogP contribution in [0.2, 0.25) is 0 Å². The Morgan fingerprint density at radius 2 is 1.78 bits per heavy atom. The molecular weight excluding hydrogens is 245 g/mol. The predicted molar refractivity (Wildman–Crippen MR) is 75.3 cm³/mol. The second-order valence-electron chi connectivity index (χ2n) is 4.00. The first-order chi connectivity index (χ1) is 8.72. The van der Waals surface area contributed by atoms with Crippen LogP contribution in [0.25, 0.3) is 0 Å². The number of hydrogen-bond donors (Lipinski definition) is 1. The fraction of sp³-hybridized carbons (Fsp3) is 0.200. The average Bonchev–Trinajstić information content (AvgIpc) is 2.40. The van der Waals surface area contributed by atoms with E-state index in [2.05, 4.69) is 6.92 Å². The van der Waals surface area contributed by atoms with Crippen LogP contribution in [0.15, 0.2) is 53.4 Å². The predicted octanol–water partition coefficient (Wildman–Crippen LogP) is 3.99. The lowest BCUT2D eigenvalue weighted by Gasteiger charge is -2.13. The minimum Gasteiger partial charge on any atom is -0.320 e. The van der Waals surface area contributed by atoms with Crippen molar-refractivity contribution in [3.05, 3.63) is 65.5 Å². The van der Waals surface area contributed by atoms with E-state index in [9.17, 15) is 4.39 Å². The van der Waals surface area contributed by atoms with E-state index in [1.807, 2.05) is 24.3 Å². The van der Waals surface area contributed by atoms with Gasteiger partial charge in [-0.15, -0.1) is 11.8 Å². The van der Waals surface area contributed by atoms with Crippen molar-refractivity contribution in [2.24, 2.45) is 5.73 Å². The van der Waals surface area contributed by atoms with E-state index in [1.165, 1.54) is 11.0 Å². The van der Waals surface area contributed by atoms with Crippen molar-refractivity contribution in [1.29, 1.82) is 0 Å². The van der Waals surface area contributed by atoms with E-state index in [0.29, 0.717) is 5.56 Å². The molecule has 0 spiro atoms. The number of rotatable bonds is 4. The molecule has 0 aliphatic heterocycles. The molecule has 3 heteroatoms. The second-order valence-corrected chi connectivity index (χ2v) is 5.34. The number of nitrogens with two attached hydrogens (primary N) is 1. The van der Waals surface area contributed by atoms with Gasteiger partial charge in [0.2, 0.25) is 0 Å². The molecule has 2 aromatic carbocycles. The Morgan fingerprint density at radius 1 is 1.11 bits per heavy atom. The molecule has 0 radical (unpaired) electrons. The van der Waals surface area contributed by atoms with Gasteiger partial charge in [0.15, 0.2) is 0 Å². The van der Waals surface area contributed by atoms with Gasteiger partial charge in [0.05, 0.1) is 6.04 Å². The van der Waals surface area contributed by atoms with Crippen LogP contribution in [0, 0.1) is 5.82 Å². The zero-order chi connectivity index (χ0) is 13.0. The molecule has 2 N–H and O–H groups in total. The molecule has 2 rings (SSSR count). The van der Waals surface area contributed by atoms with E-state index >= 15 is 0 Å². The zero-order valence-electron chi connectivity index (χ0n) is 10.3. The van der Waals surface area contributed by atoms with Gasteiger partial charge in [0, 0.05) is 10.5 Å². The van der Waals surface area contributed by atoms with Crippen LogP contribution >= 0.6 is 11.8 Å². The summed E-state index contributed by atoms with van der Waals surface area (Å²) in [6.07, 6.45) is 0. The molecule has 0 heterocycles. The Hall–Kier alpha value is -1.32. The number of benzene rings is 2. The molecule has 0 bridgehead atoms. The molecule has 0 amide bonds. The van der Waals surface area contributed by atoms with E-state index in [4.69, 9.17) is 5.73 Å². The van der Waals surface area contributed by atoms with Gasteiger partial charge < -0.3 is 5.73 Å². The molecule has 0 aliphatic carbocycles. The maximum atomic E-state index is 13.6. The van der Waals surface area contributed by atoms with Crippen LogP contribution in [-0.4, -0.2) is 5.75 Å². The van der Waals surface area contributed by atoms with Crippen LogP contribution < -0.4 is 5.73 Å². The third kappa shape index (κ3) is 2.92. The van der Waals surface area contributed by atoms with Crippen LogP contribution in [0.3, 0.4) is 0 Å². The molecule has 1 atom stereocenters. The fourth-order valence-electron chi connectivity index (χ4n) is 1.84. The Kier molecular flexibility index (Phi) is 4.39. The molecule has 0 saturated carbocycles. The average molecular weight is 261 g/mol. The lowest BCUT2D eigenvalue weighted by atomic mass is 9.99. The summed E-state index contributed by atoms with van der Waals surface area (Å²) >= 11 is 1.78. The van der Waals surface area contributed by atoms with Gasteiger partial charge in [-0.05, 0) is 29.5 Å². The Morgan fingerprint density at radius 3 is 2.39 bits per heavy atom. The first kappa shape index (κ1) is 13.1. The molecule has 0 aliphatic rings. The van der Waals surface area contributed by atoms with Gasteiger partial charge in [-0.3, -0.25) is 0 Å². The molecule has 0 fully saturated rings. The van der Waals surface area contributed by atoms with Crippen molar-refractivity contribution in [3.8, 4) is 0 Å². The standard InChI is InChI=1S/C15H16FNS/c1-2-18-12-9-7-11(8-10-12)15(17)13-5-3-4-6-14(13)16/h3-10,15H,2,17H2,1H3. The minimum atomic E-state index is -0.410. The van der Waals surface area contributed by atoms with Crippen LogP contribution in [0.4, 0.5) is 4.39 Å². The van der Waals surface area contributed by atoms with E-state index in [0.717, 1.165) is 11.3 Å². The summed E-state index contributed by atoms with van der Waals surface area (Å²) in [4.78, 5) is 1.21. The van der Waals surface area contributed by atoms with Crippen LogP contribution in [-0.2, 0) is 0 Å². The smallest absolute Gasteiger partial charge is 0.128 e. The highest BCUT2D eigenvalue weighted by Crippen LogP contribution is 2.24. The topological polar surface area (TPSA) is 26.0 Å². The van der Waals surface area contributed by atoms with Crippen molar-refractivity contribution in [1.82, 2.24) is 0 Å². The SMILES string of the molecule is CCSc1ccc(C(N)c2ccccc2F)cc1. The Labute approximate surface area is 111 Å². The van der Waals surface area contributed by atoms with Gasteiger partial charge in [0.1, 0.15) is 5.82 Å². The second kappa shape index (κ2) is 6.03. The van der Waals surface area contributed by atoms with Gasteiger partial charge in [-0.2, -0.15) is 0 Å². The highest BCUT2D eigenvalue weighted by atomic mass is 32.2. The first-order valence-corrected chi connectivity index (χ1v) is 6.93. The van der Waals surface area contributed by atoms with Crippen molar-refractivity contribution in [2.45, 2.75) is 17.9 Å². The van der Waals surface area contributed by atoms with Crippen LogP contribution in [0.1, 0.15) is 24.1 Å². The van der Waals surface area contributed by atoms with Crippen molar-refractivity contribution in [3.63, 3.8) is 0 Å². The first-order valence-electron chi connectivity index (χ1n) is 5.95. The van der Waals surface area contributed by atoms with Gasteiger partial charge in [0.25, 0.3) is 0 Å². The van der Waals surface area contributed by atoms with E-state index in [-0.39, 0.29) is 5.82 Å². The molecule has 2 aromatic rings. The maximum absolute atomic E-state index is 13.6. The number of hydrogen-bond acceptors (Lipinski definition) is 2. The Balaban J connectivity index is 2.23. The lowest BCUT2D eigenvalue weighted by molar-refractivity contribution is 0.599. The summed E-state index contributed by atoms with van der Waals surface area (Å²) in [5, 5.41) is 0. The normalized spacial score (nSPS) is 12.4. The summed E-state index contributed by atoms with van der Waals surface area (Å²) in [7, 11) is 0. The Bertz CT molecular complexity index is 510. The number of halogens is 1. The molecule has 94 valence electrons. The molecule has 0 aromatic heterocycles. The fourth-order valence-corrected chi connectivity index (χ4v) is 2.51. The summed E-state index contributed by atoms with van der Waals surface area (Å²) < 4.78 is 13.6. The maximum Gasteiger partial charge on any atom is 0.128 e. The zero-order valence-corrected chi connectivity index (χ0v) is 11.1. The van der Waals surface area contributed by atoms with Gasteiger partial charge >= 0.3 is 0 Å². The highest BCUT2D eigenvalue weighted by Gasteiger charge is 2.12. The van der Waals surface area contributed by atoms with Crippen molar-refractivity contribution < 1.29 is 4.39 Å². The number of thioether (sulfide) groups is 1. The third-order valence-corrected chi connectivity index (χ3v) is 3.68. The minimum absolute atomic E-state index is 0.253. The summed E-state index contributed by atoms with van der Waals surface area (Å²) in [5.41, 5.74) is 7.56. The quantitative estimate of drug-likeness (QED) is 0.842. The molecule has 0 saturated heterocycles. The van der Waals surface area contributed by atoms with Gasteiger partial charge in [-0.1, -0.05) is 37.3 Å². The summed E-state index contributed by atoms with van der Waals surface area (Å²) in [5.74, 6) is 0.788. The summed E-state index contributed by atoms with van der Waals surface area (Å²) in [6.45, 7) is 2.11. The lowest BCUT2D eigenvalue weighted by Crippen LogP contribution is -2.13. The molecule has 1 nitrogen and oxygen atoms in total. The van der Waals surface area contributed by atoms with Crippen LogP contribution in [0.5, 0.6) is 0 Å². The largest absolute Gasteiger partial charge is 0.320 e. The van der Waals surface area contributed by atoms with Crippen molar-refractivity contribution >= 4 is 11.8 Å². The molecular formula is C15H16FNS. The molecule has 18 heavy (non-hydrogen) atoms.